The summed E-state index contributed by atoms with van der Waals surface area (Å²) in [5.41, 5.74) is 3.48. The smallest absolute Gasteiger partial charge is 0.255 e. The molecule has 2 aromatic rings. The zero-order valence-electron chi connectivity index (χ0n) is 16.7. The van der Waals surface area contributed by atoms with Crippen molar-refractivity contribution in [2.75, 3.05) is 6.61 Å². The minimum Gasteiger partial charge on any atom is -0.378 e. The molecule has 0 aliphatic heterocycles. The molecule has 1 N–H and O–H groups in total. The normalized spacial score (nSPS) is 27.2. The molecular formula is C22H33N3O2. The fourth-order valence-corrected chi connectivity index (χ4v) is 5.04. The van der Waals surface area contributed by atoms with Gasteiger partial charge in [0.25, 0.3) is 5.91 Å². The Morgan fingerprint density at radius 3 is 2.78 bits per heavy atom. The standard InChI is InChI=1S/C22H31N3O2.H2/c1-4-5-10-27-18-12-16-6-7-17(13-18)20(16)24-22(26)19-8-9-25-15(3)11-14(2)23-21(19)25;/h8-9,11,16-18,20H,4-7,10,12-13H2,1-3H3,(H,24,26);1H. The number of carbonyl (C=O) groups is 1. The van der Waals surface area contributed by atoms with Gasteiger partial charge >= 0.3 is 0 Å². The van der Waals surface area contributed by atoms with Crippen molar-refractivity contribution in [1.82, 2.24) is 14.7 Å². The Morgan fingerprint density at radius 2 is 2.07 bits per heavy atom. The van der Waals surface area contributed by atoms with Crippen LogP contribution in [0, 0.1) is 25.7 Å². The number of hydrogen-bond donors (Lipinski definition) is 1. The highest BCUT2D eigenvalue weighted by Crippen LogP contribution is 2.43. The highest BCUT2D eigenvalue weighted by Gasteiger charge is 2.43. The van der Waals surface area contributed by atoms with Crippen LogP contribution in [0.2, 0.25) is 0 Å². The maximum atomic E-state index is 13.0. The van der Waals surface area contributed by atoms with Gasteiger partial charge in [-0.05, 0) is 69.9 Å². The molecule has 0 saturated heterocycles. The van der Waals surface area contributed by atoms with E-state index >= 15 is 0 Å². The Balaban J connectivity index is 0.00000225. The predicted molar refractivity (Wildman–Crippen MR) is 108 cm³/mol. The van der Waals surface area contributed by atoms with Crippen LogP contribution in [0.5, 0.6) is 0 Å². The first-order valence-corrected chi connectivity index (χ1v) is 10.4. The van der Waals surface area contributed by atoms with Crippen molar-refractivity contribution in [2.24, 2.45) is 11.8 Å². The van der Waals surface area contributed by atoms with Gasteiger partial charge in [0, 0.05) is 31.7 Å². The lowest BCUT2D eigenvalue weighted by molar-refractivity contribution is -0.00119. The van der Waals surface area contributed by atoms with Crippen LogP contribution in [0.15, 0.2) is 18.3 Å². The second kappa shape index (κ2) is 7.63. The van der Waals surface area contributed by atoms with E-state index in [4.69, 9.17) is 4.74 Å². The minimum absolute atomic E-state index is 0. The second-order valence-corrected chi connectivity index (χ2v) is 8.38. The first-order chi connectivity index (χ1) is 13.1. The summed E-state index contributed by atoms with van der Waals surface area (Å²) in [6, 6.07) is 4.21. The number of carbonyl (C=O) groups excluding carboxylic acids is 1. The van der Waals surface area contributed by atoms with E-state index in [-0.39, 0.29) is 13.4 Å². The number of rotatable bonds is 6. The van der Waals surface area contributed by atoms with Crippen LogP contribution in [-0.4, -0.2) is 34.0 Å². The summed E-state index contributed by atoms with van der Waals surface area (Å²) in [5.74, 6) is 1.11. The molecule has 0 spiro atoms. The molecule has 2 aliphatic rings. The van der Waals surface area contributed by atoms with Crippen LogP contribution in [0.3, 0.4) is 0 Å². The summed E-state index contributed by atoms with van der Waals surface area (Å²) < 4.78 is 8.08. The molecular weight excluding hydrogens is 338 g/mol. The molecule has 2 aromatic heterocycles. The molecule has 4 rings (SSSR count). The summed E-state index contributed by atoms with van der Waals surface area (Å²) >= 11 is 0. The van der Waals surface area contributed by atoms with Crippen molar-refractivity contribution in [1.29, 1.82) is 0 Å². The van der Waals surface area contributed by atoms with Crippen molar-refractivity contribution in [3.8, 4) is 0 Å². The zero-order chi connectivity index (χ0) is 19.0. The summed E-state index contributed by atoms with van der Waals surface area (Å²) in [5, 5.41) is 3.35. The van der Waals surface area contributed by atoms with Gasteiger partial charge in [0.15, 0.2) is 0 Å². The molecule has 2 heterocycles. The highest BCUT2D eigenvalue weighted by atomic mass is 16.5. The fraction of sp³-hybridized carbons (Fsp3) is 0.636. The number of aryl methyl sites for hydroxylation is 2. The van der Waals surface area contributed by atoms with Crippen molar-refractivity contribution in [3.63, 3.8) is 0 Å². The summed E-state index contributed by atoms with van der Waals surface area (Å²) in [6.07, 6.45) is 9.21. The Hall–Kier alpha value is -1.88. The lowest BCUT2D eigenvalue weighted by Gasteiger charge is -2.35. The molecule has 27 heavy (non-hydrogen) atoms. The van der Waals surface area contributed by atoms with E-state index in [1.807, 2.05) is 36.6 Å². The van der Waals surface area contributed by atoms with Crippen molar-refractivity contribution >= 4 is 11.6 Å². The largest absolute Gasteiger partial charge is 0.378 e. The Bertz CT molecular complexity index is 821. The van der Waals surface area contributed by atoms with Gasteiger partial charge in [0.05, 0.1) is 11.7 Å². The molecule has 5 nitrogen and oxygen atoms in total. The van der Waals surface area contributed by atoms with Crippen LogP contribution < -0.4 is 5.32 Å². The van der Waals surface area contributed by atoms with Gasteiger partial charge in [-0.1, -0.05) is 13.3 Å². The SMILES string of the molecule is CCCCOC1CC2CCC(C1)C2NC(=O)c1ccn2c(C)cc(C)nc12.[HH]. The fourth-order valence-electron chi connectivity index (χ4n) is 5.04. The third kappa shape index (κ3) is 3.62. The Kier molecular flexibility index (Phi) is 5.22. The van der Waals surface area contributed by atoms with Gasteiger partial charge in [-0.15, -0.1) is 0 Å². The molecule has 0 radical (unpaired) electrons. The van der Waals surface area contributed by atoms with Crippen molar-refractivity contribution < 1.29 is 11.0 Å². The van der Waals surface area contributed by atoms with Crippen LogP contribution in [0.25, 0.3) is 5.65 Å². The van der Waals surface area contributed by atoms with E-state index in [9.17, 15) is 4.79 Å². The monoisotopic (exact) mass is 371 g/mol. The molecule has 0 aromatic carbocycles. The van der Waals surface area contributed by atoms with E-state index in [1.165, 1.54) is 19.3 Å². The molecule has 5 heteroatoms. The van der Waals surface area contributed by atoms with Gasteiger partial charge < -0.3 is 14.5 Å². The minimum atomic E-state index is 0. The quantitative estimate of drug-likeness (QED) is 0.770. The van der Waals surface area contributed by atoms with E-state index in [0.29, 0.717) is 23.5 Å². The molecule has 2 bridgehead atoms. The average Bonchev–Trinajstić information content (AvgIpc) is 3.14. The first kappa shape index (κ1) is 18.5. The second-order valence-electron chi connectivity index (χ2n) is 8.38. The van der Waals surface area contributed by atoms with Gasteiger partial charge in [-0.2, -0.15) is 0 Å². The summed E-state index contributed by atoms with van der Waals surface area (Å²) in [4.78, 5) is 17.6. The van der Waals surface area contributed by atoms with E-state index in [1.54, 1.807) is 0 Å². The maximum Gasteiger partial charge on any atom is 0.255 e. The number of nitrogens with one attached hydrogen (secondary N) is 1. The summed E-state index contributed by atoms with van der Waals surface area (Å²) in [7, 11) is 0. The molecule has 2 fully saturated rings. The molecule has 148 valence electrons. The molecule has 1 amide bonds. The lowest BCUT2D eigenvalue weighted by atomic mass is 9.82. The van der Waals surface area contributed by atoms with Crippen LogP contribution in [0.1, 0.15) is 68.6 Å². The number of ether oxygens (including phenoxy) is 1. The topological polar surface area (TPSA) is 55.6 Å². The number of nitrogens with zero attached hydrogens (tertiary/aromatic N) is 2. The number of fused-ring (bicyclic) bond motifs is 3. The van der Waals surface area contributed by atoms with Gasteiger partial charge in [0.2, 0.25) is 0 Å². The molecule has 2 aliphatic carbocycles. The third-order valence-corrected chi connectivity index (χ3v) is 6.39. The van der Waals surface area contributed by atoms with E-state index in [0.717, 1.165) is 42.9 Å². The van der Waals surface area contributed by atoms with Crippen LogP contribution in [0.4, 0.5) is 0 Å². The number of hydrogen-bond acceptors (Lipinski definition) is 3. The summed E-state index contributed by atoms with van der Waals surface area (Å²) in [6.45, 7) is 7.09. The van der Waals surface area contributed by atoms with Gasteiger partial charge in [-0.25, -0.2) is 4.98 Å². The van der Waals surface area contributed by atoms with E-state index < -0.39 is 0 Å². The Morgan fingerprint density at radius 1 is 1.33 bits per heavy atom. The molecule has 2 saturated carbocycles. The van der Waals surface area contributed by atoms with Gasteiger partial charge in [0.1, 0.15) is 5.65 Å². The predicted octanol–water partition coefficient (Wildman–Crippen LogP) is 4.30. The van der Waals surface area contributed by atoms with E-state index in [2.05, 4.69) is 17.2 Å². The number of aromatic nitrogens is 2. The van der Waals surface area contributed by atoms with Crippen LogP contribution >= 0.6 is 0 Å². The average molecular weight is 372 g/mol. The van der Waals surface area contributed by atoms with Crippen LogP contribution in [-0.2, 0) is 4.74 Å². The Labute approximate surface area is 163 Å². The van der Waals surface area contributed by atoms with Gasteiger partial charge in [-0.3, -0.25) is 4.79 Å². The van der Waals surface area contributed by atoms with Crippen molar-refractivity contribution in [3.05, 3.63) is 35.3 Å². The molecule has 2 unspecified atom stereocenters. The lowest BCUT2D eigenvalue weighted by Crippen LogP contribution is -2.46. The number of amides is 1. The maximum absolute atomic E-state index is 13.0. The molecule has 2 atom stereocenters. The first-order valence-electron chi connectivity index (χ1n) is 10.4. The zero-order valence-corrected chi connectivity index (χ0v) is 16.7. The third-order valence-electron chi connectivity index (χ3n) is 6.39. The van der Waals surface area contributed by atoms with Crippen molar-refractivity contribution in [2.45, 2.75) is 71.4 Å². The number of unbranched alkanes of at least 4 members (excludes halogenated alkanes) is 1. The highest BCUT2D eigenvalue weighted by molar-refractivity contribution is 6.00.